The van der Waals surface area contributed by atoms with Gasteiger partial charge in [-0.3, -0.25) is 4.99 Å². The standard InChI is InChI=1S/C10H16N4O/c1-3-5-12-10(11)13-6-4-9-7-8(2)14-15-9/h3,7H,1,4-6H2,2H3,(H3,11,12,13). The normalized spacial score (nSPS) is 11.4. The molecule has 5 nitrogen and oxygen atoms in total. The lowest BCUT2D eigenvalue weighted by Crippen LogP contribution is -2.31. The third-order valence-electron chi connectivity index (χ3n) is 1.74. The van der Waals surface area contributed by atoms with Crippen molar-refractivity contribution in [1.82, 2.24) is 10.5 Å². The Kier molecular flexibility index (Phi) is 4.40. The highest BCUT2D eigenvalue weighted by Gasteiger charge is 1.99. The zero-order valence-electron chi connectivity index (χ0n) is 8.86. The van der Waals surface area contributed by atoms with Crippen LogP contribution in [0.2, 0.25) is 0 Å². The van der Waals surface area contributed by atoms with Gasteiger partial charge in [0.15, 0.2) is 5.96 Å². The van der Waals surface area contributed by atoms with Crippen LogP contribution in [0.4, 0.5) is 0 Å². The van der Waals surface area contributed by atoms with Gasteiger partial charge in [-0.05, 0) is 6.92 Å². The minimum atomic E-state index is 0.422. The summed E-state index contributed by atoms with van der Waals surface area (Å²) in [5.41, 5.74) is 6.46. The van der Waals surface area contributed by atoms with E-state index in [9.17, 15) is 0 Å². The molecule has 3 N–H and O–H groups in total. The minimum absolute atomic E-state index is 0.422. The quantitative estimate of drug-likeness (QED) is 0.422. The predicted molar refractivity (Wildman–Crippen MR) is 59.6 cm³/mol. The summed E-state index contributed by atoms with van der Waals surface area (Å²) >= 11 is 0. The zero-order valence-corrected chi connectivity index (χ0v) is 8.86. The van der Waals surface area contributed by atoms with E-state index in [0.29, 0.717) is 25.5 Å². The van der Waals surface area contributed by atoms with Gasteiger partial charge in [-0.2, -0.15) is 0 Å². The molecule has 0 unspecified atom stereocenters. The zero-order chi connectivity index (χ0) is 11.1. The maximum absolute atomic E-state index is 5.57. The average Bonchev–Trinajstić information content (AvgIpc) is 2.61. The van der Waals surface area contributed by atoms with Crippen molar-refractivity contribution in [3.63, 3.8) is 0 Å². The van der Waals surface area contributed by atoms with Crippen LogP contribution in [0.1, 0.15) is 11.5 Å². The number of nitrogens with zero attached hydrogens (tertiary/aromatic N) is 2. The minimum Gasteiger partial charge on any atom is -0.370 e. The molecule has 0 radical (unpaired) electrons. The number of aryl methyl sites for hydroxylation is 1. The van der Waals surface area contributed by atoms with Gasteiger partial charge in [-0.1, -0.05) is 11.2 Å². The van der Waals surface area contributed by atoms with Gasteiger partial charge in [-0.25, -0.2) is 0 Å². The molecule has 0 aliphatic heterocycles. The molecule has 15 heavy (non-hydrogen) atoms. The second-order valence-corrected chi connectivity index (χ2v) is 3.12. The van der Waals surface area contributed by atoms with Crippen LogP contribution in [0.5, 0.6) is 0 Å². The Morgan fingerprint density at radius 1 is 1.80 bits per heavy atom. The third kappa shape index (κ3) is 4.30. The van der Waals surface area contributed by atoms with E-state index in [0.717, 1.165) is 11.5 Å². The number of aliphatic imine (C=N–C) groups is 1. The summed E-state index contributed by atoms with van der Waals surface area (Å²) in [6.45, 7) is 6.66. The average molecular weight is 208 g/mol. The Morgan fingerprint density at radius 3 is 3.20 bits per heavy atom. The van der Waals surface area contributed by atoms with Crippen molar-refractivity contribution in [2.75, 3.05) is 13.1 Å². The Hall–Kier alpha value is -1.78. The summed E-state index contributed by atoms with van der Waals surface area (Å²) in [5, 5.41) is 6.67. The van der Waals surface area contributed by atoms with Gasteiger partial charge in [0.1, 0.15) is 5.76 Å². The van der Waals surface area contributed by atoms with Crippen molar-refractivity contribution in [1.29, 1.82) is 0 Å². The number of rotatable bonds is 5. The van der Waals surface area contributed by atoms with E-state index in [1.165, 1.54) is 0 Å². The number of nitrogens with two attached hydrogens (primary N) is 1. The van der Waals surface area contributed by atoms with Gasteiger partial charge in [-0.15, -0.1) is 6.58 Å². The lowest BCUT2D eigenvalue weighted by Gasteiger charge is -2.00. The van der Waals surface area contributed by atoms with Crippen LogP contribution >= 0.6 is 0 Å². The van der Waals surface area contributed by atoms with Crippen molar-refractivity contribution in [2.24, 2.45) is 10.7 Å². The van der Waals surface area contributed by atoms with Gasteiger partial charge in [0.2, 0.25) is 0 Å². The molecule has 0 fully saturated rings. The second kappa shape index (κ2) is 5.85. The van der Waals surface area contributed by atoms with Crippen LogP contribution < -0.4 is 11.1 Å². The lowest BCUT2D eigenvalue weighted by atomic mass is 10.3. The van der Waals surface area contributed by atoms with Crippen molar-refractivity contribution < 1.29 is 4.52 Å². The highest BCUT2D eigenvalue weighted by molar-refractivity contribution is 5.77. The smallest absolute Gasteiger partial charge is 0.188 e. The molecule has 1 aromatic rings. The molecule has 1 heterocycles. The van der Waals surface area contributed by atoms with Crippen molar-refractivity contribution >= 4 is 5.96 Å². The third-order valence-corrected chi connectivity index (χ3v) is 1.74. The first kappa shape index (κ1) is 11.3. The van der Waals surface area contributed by atoms with E-state index in [4.69, 9.17) is 10.3 Å². The molecule has 0 aliphatic carbocycles. The fourth-order valence-corrected chi connectivity index (χ4v) is 1.05. The van der Waals surface area contributed by atoms with Gasteiger partial charge in [0, 0.05) is 25.6 Å². The molecule has 0 aromatic carbocycles. The van der Waals surface area contributed by atoms with Gasteiger partial charge >= 0.3 is 0 Å². The van der Waals surface area contributed by atoms with Crippen LogP contribution in [-0.4, -0.2) is 24.2 Å². The topological polar surface area (TPSA) is 76.4 Å². The Labute approximate surface area is 89.0 Å². The number of nitrogens with one attached hydrogen (secondary N) is 1. The molecule has 82 valence electrons. The number of guanidine groups is 1. The van der Waals surface area contributed by atoms with Crippen molar-refractivity contribution in [3.8, 4) is 0 Å². The fraction of sp³-hybridized carbons (Fsp3) is 0.400. The van der Waals surface area contributed by atoms with Crippen molar-refractivity contribution in [3.05, 3.63) is 30.2 Å². The van der Waals surface area contributed by atoms with Gasteiger partial charge < -0.3 is 15.6 Å². The summed E-state index contributed by atoms with van der Waals surface area (Å²) in [4.78, 5) is 4.11. The highest BCUT2D eigenvalue weighted by atomic mass is 16.5. The Morgan fingerprint density at radius 2 is 2.60 bits per heavy atom. The first-order valence-corrected chi connectivity index (χ1v) is 4.79. The van der Waals surface area contributed by atoms with E-state index in [1.54, 1.807) is 6.08 Å². The van der Waals surface area contributed by atoms with E-state index < -0.39 is 0 Å². The monoisotopic (exact) mass is 208 g/mol. The molecule has 0 saturated carbocycles. The summed E-state index contributed by atoms with van der Waals surface area (Å²) < 4.78 is 5.03. The van der Waals surface area contributed by atoms with Crippen LogP contribution in [0.15, 0.2) is 28.2 Å². The number of hydrogen-bond acceptors (Lipinski definition) is 3. The molecule has 1 aromatic heterocycles. The Balaban J connectivity index is 2.28. The first-order valence-electron chi connectivity index (χ1n) is 4.79. The molecule has 0 bridgehead atoms. The number of aromatic nitrogens is 1. The summed E-state index contributed by atoms with van der Waals surface area (Å²) in [5.74, 6) is 1.25. The maximum Gasteiger partial charge on any atom is 0.188 e. The molecule has 0 amide bonds. The van der Waals surface area contributed by atoms with Gasteiger partial charge in [0.05, 0.1) is 5.69 Å². The maximum atomic E-state index is 5.57. The summed E-state index contributed by atoms with van der Waals surface area (Å²) in [6.07, 6.45) is 2.43. The molecule has 5 heteroatoms. The van der Waals surface area contributed by atoms with Gasteiger partial charge in [0.25, 0.3) is 0 Å². The van der Waals surface area contributed by atoms with Crippen LogP contribution in [-0.2, 0) is 6.42 Å². The van der Waals surface area contributed by atoms with E-state index >= 15 is 0 Å². The Bertz CT molecular complexity index is 343. The van der Waals surface area contributed by atoms with E-state index in [1.807, 2.05) is 13.0 Å². The van der Waals surface area contributed by atoms with Crippen LogP contribution in [0.25, 0.3) is 0 Å². The lowest BCUT2D eigenvalue weighted by molar-refractivity contribution is 0.381. The molecule has 0 saturated heterocycles. The van der Waals surface area contributed by atoms with E-state index in [-0.39, 0.29) is 0 Å². The molecule has 1 rings (SSSR count). The van der Waals surface area contributed by atoms with Crippen LogP contribution in [0, 0.1) is 6.92 Å². The summed E-state index contributed by atoms with van der Waals surface area (Å²) in [7, 11) is 0. The number of hydrogen-bond donors (Lipinski definition) is 2. The molecular weight excluding hydrogens is 192 g/mol. The van der Waals surface area contributed by atoms with E-state index in [2.05, 4.69) is 22.0 Å². The molecule has 0 aliphatic rings. The fourth-order valence-electron chi connectivity index (χ4n) is 1.05. The summed E-state index contributed by atoms with van der Waals surface area (Å²) in [6, 6.07) is 1.89. The SMILES string of the molecule is C=CCNC(N)=NCCc1cc(C)no1. The molecule has 0 atom stereocenters. The second-order valence-electron chi connectivity index (χ2n) is 3.12. The molecule has 0 spiro atoms. The first-order chi connectivity index (χ1) is 7.22. The van der Waals surface area contributed by atoms with Crippen LogP contribution in [0.3, 0.4) is 0 Å². The largest absolute Gasteiger partial charge is 0.370 e. The molecular formula is C10H16N4O. The highest BCUT2D eigenvalue weighted by Crippen LogP contribution is 2.02. The predicted octanol–water partition coefficient (Wildman–Crippen LogP) is 0.616. The van der Waals surface area contributed by atoms with Crippen molar-refractivity contribution in [2.45, 2.75) is 13.3 Å².